The zero-order valence-electron chi connectivity index (χ0n) is 7.53. The Morgan fingerprint density at radius 1 is 1.54 bits per heavy atom. The fraction of sp³-hybridized carbons (Fsp3) is 1.00. The van der Waals surface area contributed by atoms with Crippen LogP contribution in [0.1, 0.15) is 19.8 Å². The quantitative estimate of drug-likeness (QED) is 0.744. The van der Waals surface area contributed by atoms with Crippen molar-refractivity contribution in [2.45, 2.75) is 31.5 Å². The van der Waals surface area contributed by atoms with Crippen LogP contribution in [-0.2, 0) is 4.74 Å². The maximum atomic E-state index is 11.7. The molecule has 1 fully saturated rings. The molecule has 2 nitrogen and oxygen atoms in total. The van der Waals surface area contributed by atoms with Crippen LogP contribution in [0.4, 0.5) is 13.2 Å². The molecule has 0 heterocycles. The van der Waals surface area contributed by atoms with Gasteiger partial charge in [-0.2, -0.15) is 13.2 Å². The summed E-state index contributed by atoms with van der Waals surface area (Å²) in [6.07, 6.45) is -2.56. The lowest BCUT2D eigenvalue weighted by Crippen LogP contribution is -2.33. The Balaban J connectivity index is 2.14. The van der Waals surface area contributed by atoms with Crippen LogP contribution in [0.25, 0.3) is 0 Å². The van der Waals surface area contributed by atoms with Crippen molar-refractivity contribution in [1.29, 1.82) is 0 Å². The lowest BCUT2D eigenvalue weighted by molar-refractivity contribution is -0.175. The van der Waals surface area contributed by atoms with E-state index < -0.39 is 18.3 Å². The number of ether oxygens (including phenoxy) is 1. The number of nitrogens with two attached hydrogens (primary N) is 1. The smallest absolute Gasteiger partial charge is 0.370 e. The highest BCUT2D eigenvalue weighted by molar-refractivity contribution is 5.07. The second-order valence-corrected chi connectivity index (χ2v) is 3.65. The van der Waals surface area contributed by atoms with Gasteiger partial charge in [0.25, 0.3) is 0 Å². The van der Waals surface area contributed by atoms with E-state index in [0.29, 0.717) is 5.92 Å². The molecule has 0 aliphatic heterocycles. The molecule has 0 bridgehead atoms. The van der Waals surface area contributed by atoms with Gasteiger partial charge in [0.1, 0.15) is 6.61 Å². The third-order valence-electron chi connectivity index (χ3n) is 2.41. The monoisotopic (exact) mass is 197 g/mol. The second kappa shape index (κ2) is 3.46. The average Bonchev–Trinajstić information content (AvgIpc) is 2.59. The first-order valence-electron chi connectivity index (χ1n) is 4.31. The van der Waals surface area contributed by atoms with Gasteiger partial charge in [-0.3, -0.25) is 0 Å². The van der Waals surface area contributed by atoms with Crippen molar-refractivity contribution < 1.29 is 17.9 Å². The normalized spacial score (nSPS) is 33.5. The van der Waals surface area contributed by atoms with Crippen molar-refractivity contribution in [3.63, 3.8) is 0 Å². The van der Waals surface area contributed by atoms with Crippen molar-refractivity contribution in [3.05, 3.63) is 0 Å². The Morgan fingerprint density at radius 3 is 2.54 bits per heavy atom. The van der Waals surface area contributed by atoms with E-state index in [1.54, 1.807) is 0 Å². The molecule has 2 unspecified atom stereocenters. The predicted octanol–water partition coefficient (Wildman–Crippen LogP) is 1.69. The van der Waals surface area contributed by atoms with E-state index in [-0.39, 0.29) is 6.61 Å². The van der Waals surface area contributed by atoms with Gasteiger partial charge in [0.2, 0.25) is 0 Å². The standard InChI is InChI=1S/C8H14F3NO/c1-2-6-3-7(6,12)4-13-5-8(9,10)11/h6H,2-5,12H2,1H3. The molecule has 13 heavy (non-hydrogen) atoms. The summed E-state index contributed by atoms with van der Waals surface area (Å²) in [5.74, 6) is 0.334. The van der Waals surface area contributed by atoms with E-state index in [9.17, 15) is 13.2 Å². The SMILES string of the molecule is CCC1CC1(N)COCC(F)(F)F. The van der Waals surface area contributed by atoms with Gasteiger partial charge >= 0.3 is 6.18 Å². The van der Waals surface area contributed by atoms with Crippen molar-refractivity contribution in [1.82, 2.24) is 0 Å². The Bertz CT molecular complexity index is 183. The second-order valence-electron chi connectivity index (χ2n) is 3.65. The molecular weight excluding hydrogens is 183 g/mol. The van der Waals surface area contributed by atoms with Crippen molar-refractivity contribution in [2.24, 2.45) is 11.7 Å². The summed E-state index contributed by atoms with van der Waals surface area (Å²) in [6, 6.07) is 0. The fourth-order valence-electron chi connectivity index (χ4n) is 1.48. The maximum absolute atomic E-state index is 11.7. The Hall–Kier alpha value is -0.290. The number of alkyl halides is 3. The molecule has 0 aromatic heterocycles. The molecule has 5 heteroatoms. The number of hydrogen-bond acceptors (Lipinski definition) is 2. The van der Waals surface area contributed by atoms with Crippen LogP contribution >= 0.6 is 0 Å². The van der Waals surface area contributed by atoms with E-state index in [1.165, 1.54) is 0 Å². The van der Waals surface area contributed by atoms with Gasteiger partial charge in [0, 0.05) is 5.54 Å². The molecule has 1 aliphatic rings. The van der Waals surface area contributed by atoms with Gasteiger partial charge in [0.05, 0.1) is 6.61 Å². The molecule has 1 rings (SSSR count). The topological polar surface area (TPSA) is 35.2 Å². The summed E-state index contributed by atoms with van der Waals surface area (Å²) in [5.41, 5.74) is 5.25. The van der Waals surface area contributed by atoms with Crippen LogP contribution in [0.3, 0.4) is 0 Å². The third kappa shape index (κ3) is 3.15. The van der Waals surface area contributed by atoms with Crippen LogP contribution in [0.15, 0.2) is 0 Å². The molecular formula is C8H14F3NO. The highest BCUT2D eigenvalue weighted by Crippen LogP contribution is 2.43. The number of rotatable bonds is 4. The summed E-state index contributed by atoms with van der Waals surface area (Å²) in [4.78, 5) is 0. The molecule has 1 aliphatic carbocycles. The summed E-state index contributed by atoms with van der Waals surface area (Å²) in [6.45, 7) is 0.802. The van der Waals surface area contributed by atoms with Crippen LogP contribution in [-0.4, -0.2) is 24.9 Å². The molecule has 1 saturated carbocycles. The zero-order chi connectivity index (χ0) is 10.1. The van der Waals surface area contributed by atoms with E-state index in [2.05, 4.69) is 4.74 Å². The summed E-state index contributed by atoms with van der Waals surface area (Å²) in [5, 5.41) is 0. The zero-order valence-corrected chi connectivity index (χ0v) is 7.53. The third-order valence-corrected chi connectivity index (χ3v) is 2.41. The summed E-state index contributed by atoms with van der Waals surface area (Å²) < 4.78 is 39.5. The van der Waals surface area contributed by atoms with Crippen LogP contribution < -0.4 is 5.73 Å². The average molecular weight is 197 g/mol. The van der Waals surface area contributed by atoms with Crippen molar-refractivity contribution in [2.75, 3.05) is 13.2 Å². The Kier molecular flexibility index (Phi) is 2.87. The van der Waals surface area contributed by atoms with Gasteiger partial charge < -0.3 is 10.5 Å². The number of halogens is 3. The highest BCUT2D eigenvalue weighted by Gasteiger charge is 2.50. The van der Waals surface area contributed by atoms with Gasteiger partial charge in [-0.05, 0) is 12.3 Å². The van der Waals surface area contributed by atoms with Crippen molar-refractivity contribution in [3.8, 4) is 0 Å². The molecule has 0 aromatic carbocycles. The molecule has 0 amide bonds. The molecule has 2 N–H and O–H groups in total. The lowest BCUT2D eigenvalue weighted by Gasteiger charge is -2.12. The Morgan fingerprint density at radius 2 is 2.15 bits per heavy atom. The predicted molar refractivity (Wildman–Crippen MR) is 42.2 cm³/mol. The van der Waals surface area contributed by atoms with Gasteiger partial charge in [-0.1, -0.05) is 13.3 Å². The fourth-order valence-corrected chi connectivity index (χ4v) is 1.48. The molecule has 0 saturated heterocycles. The summed E-state index contributed by atoms with van der Waals surface area (Å²) in [7, 11) is 0. The molecule has 0 spiro atoms. The van der Waals surface area contributed by atoms with Crippen molar-refractivity contribution >= 4 is 0 Å². The first-order valence-corrected chi connectivity index (χ1v) is 4.31. The highest BCUT2D eigenvalue weighted by atomic mass is 19.4. The largest absolute Gasteiger partial charge is 0.411 e. The van der Waals surface area contributed by atoms with Gasteiger partial charge in [0.15, 0.2) is 0 Å². The summed E-state index contributed by atoms with van der Waals surface area (Å²) >= 11 is 0. The van der Waals surface area contributed by atoms with Gasteiger partial charge in [-0.15, -0.1) is 0 Å². The van der Waals surface area contributed by atoms with E-state index >= 15 is 0 Å². The molecule has 0 radical (unpaired) electrons. The minimum Gasteiger partial charge on any atom is -0.370 e. The lowest BCUT2D eigenvalue weighted by atomic mass is 10.2. The Labute approximate surface area is 75.2 Å². The van der Waals surface area contributed by atoms with E-state index in [0.717, 1.165) is 12.8 Å². The molecule has 2 atom stereocenters. The number of hydrogen-bond donors (Lipinski definition) is 1. The van der Waals surface area contributed by atoms with Crippen LogP contribution in [0.5, 0.6) is 0 Å². The first-order chi connectivity index (χ1) is 5.87. The first kappa shape index (κ1) is 10.8. The maximum Gasteiger partial charge on any atom is 0.411 e. The van der Waals surface area contributed by atoms with E-state index in [4.69, 9.17) is 5.73 Å². The van der Waals surface area contributed by atoms with Crippen LogP contribution in [0, 0.1) is 5.92 Å². The minimum atomic E-state index is -4.24. The molecule has 0 aromatic rings. The van der Waals surface area contributed by atoms with Crippen LogP contribution in [0.2, 0.25) is 0 Å². The minimum absolute atomic E-state index is 0.0189. The molecule has 78 valence electrons. The van der Waals surface area contributed by atoms with E-state index in [1.807, 2.05) is 6.92 Å². The van der Waals surface area contributed by atoms with Gasteiger partial charge in [-0.25, -0.2) is 0 Å².